The molecule has 1 aliphatic carbocycles. The van der Waals surface area contributed by atoms with Crippen LogP contribution in [0, 0.1) is 20.8 Å². The number of hydrogen-bond acceptors (Lipinski definition) is 6. The molecule has 0 saturated carbocycles. The van der Waals surface area contributed by atoms with E-state index in [2.05, 4.69) is 57.3 Å². The maximum atomic E-state index is 13.8. The van der Waals surface area contributed by atoms with E-state index >= 15 is 0 Å². The summed E-state index contributed by atoms with van der Waals surface area (Å²) in [4.78, 5) is 32.1. The summed E-state index contributed by atoms with van der Waals surface area (Å²) < 4.78 is 9.53. The van der Waals surface area contributed by atoms with Crippen LogP contribution in [0.1, 0.15) is 56.2 Å². The summed E-state index contributed by atoms with van der Waals surface area (Å²) in [7, 11) is 0. The maximum absolute atomic E-state index is 13.8. The van der Waals surface area contributed by atoms with Crippen molar-refractivity contribution in [1.82, 2.24) is 15.0 Å². The molecule has 1 aliphatic rings. The summed E-state index contributed by atoms with van der Waals surface area (Å²) in [6.45, 7) is 5.82. The number of halogens is 2. The molecule has 5 aromatic rings. The van der Waals surface area contributed by atoms with E-state index < -0.39 is 5.91 Å². The number of hydrazone groups is 1. The molecule has 11 heteroatoms. The number of carbonyl (C=O) groups excluding carboxylic acids is 2. The molecule has 3 heterocycles. The van der Waals surface area contributed by atoms with Gasteiger partial charge in [-0.2, -0.15) is 5.10 Å². The minimum atomic E-state index is -0.403. The molecule has 0 fully saturated rings. The fourth-order valence-electron chi connectivity index (χ4n) is 5.63. The minimum Gasteiger partial charge on any atom is -0.480 e. The van der Waals surface area contributed by atoms with Crippen molar-refractivity contribution in [2.75, 3.05) is 11.9 Å². The van der Waals surface area contributed by atoms with Gasteiger partial charge in [0.05, 0.1) is 16.3 Å². The van der Waals surface area contributed by atoms with Crippen molar-refractivity contribution in [3.05, 3.63) is 102 Å². The number of thiophene rings is 1. The Morgan fingerprint density at radius 3 is 2.64 bits per heavy atom. The molecular weight excluding hydrogens is 718 g/mol. The van der Waals surface area contributed by atoms with Crippen molar-refractivity contribution < 1.29 is 14.3 Å². The summed E-state index contributed by atoms with van der Waals surface area (Å²) in [5.74, 6) is -0.0130. The topological polar surface area (TPSA) is 97.6 Å². The highest BCUT2D eigenvalue weighted by Crippen LogP contribution is 2.39. The van der Waals surface area contributed by atoms with Crippen LogP contribution in [0.5, 0.6) is 5.75 Å². The Labute approximate surface area is 282 Å². The van der Waals surface area contributed by atoms with E-state index in [-0.39, 0.29) is 12.5 Å². The number of carbonyl (C=O) groups is 2. The molecule has 0 spiro atoms. The van der Waals surface area contributed by atoms with Crippen LogP contribution in [0.2, 0.25) is 0 Å². The number of hydrogen-bond donors (Lipinski definition) is 2. The third kappa shape index (κ3) is 6.47. The van der Waals surface area contributed by atoms with Crippen LogP contribution in [0.4, 0.5) is 5.69 Å². The molecule has 3 aromatic heterocycles. The molecule has 8 nitrogen and oxygen atoms in total. The molecule has 6 rings (SSSR count). The second kappa shape index (κ2) is 13.3. The summed E-state index contributed by atoms with van der Waals surface area (Å²) in [6.07, 6.45) is 7.39. The van der Waals surface area contributed by atoms with Crippen molar-refractivity contribution in [1.29, 1.82) is 0 Å². The van der Waals surface area contributed by atoms with Crippen LogP contribution in [0.25, 0.3) is 15.9 Å². The number of nitrogens with one attached hydrogen (secondary N) is 2. The third-order valence-electron chi connectivity index (χ3n) is 7.85. The number of anilines is 1. The number of amides is 2. The van der Waals surface area contributed by atoms with Crippen molar-refractivity contribution >= 4 is 77.8 Å². The Balaban J connectivity index is 1.20. The third-order valence-corrected chi connectivity index (χ3v) is 10.4. The zero-order valence-electron chi connectivity index (χ0n) is 25.0. The molecule has 0 radical (unpaired) electrons. The number of aromatic nitrogens is 2. The molecule has 45 heavy (non-hydrogen) atoms. The molecule has 0 unspecified atom stereocenters. The molecule has 0 saturated heterocycles. The SMILES string of the molecule is Cc1ccc(NC(=O)c2c(-n3c(C)cc(/C=N/NC(=O)COc4c(Br)cc(Br)c5cccnc45)c3C)sc3c2CCCC3)cc1. The lowest BCUT2D eigenvalue weighted by molar-refractivity contribution is -0.123. The van der Waals surface area contributed by atoms with E-state index in [0.29, 0.717) is 15.7 Å². The van der Waals surface area contributed by atoms with Crippen LogP contribution < -0.4 is 15.5 Å². The summed E-state index contributed by atoms with van der Waals surface area (Å²) in [6, 6.07) is 15.5. The van der Waals surface area contributed by atoms with Gasteiger partial charge in [0.2, 0.25) is 0 Å². The van der Waals surface area contributed by atoms with Crippen LogP contribution in [-0.2, 0) is 17.6 Å². The lowest BCUT2D eigenvalue weighted by Gasteiger charge is -2.14. The average Bonchev–Trinajstić information content (AvgIpc) is 3.53. The van der Waals surface area contributed by atoms with Gasteiger partial charge in [0.25, 0.3) is 11.8 Å². The number of aryl methyl sites for hydroxylation is 3. The van der Waals surface area contributed by atoms with Gasteiger partial charge in [0.15, 0.2) is 12.4 Å². The molecule has 230 valence electrons. The molecule has 2 amide bonds. The number of ether oxygens (including phenoxy) is 1. The lowest BCUT2D eigenvalue weighted by Crippen LogP contribution is -2.24. The number of benzene rings is 2. The predicted octanol–water partition coefficient (Wildman–Crippen LogP) is 8.20. The van der Waals surface area contributed by atoms with E-state index in [1.807, 2.05) is 69.3 Å². The summed E-state index contributed by atoms with van der Waals surface area (Å²) in [5.41, 5.74) is 9.78. The van der Waals surface area contributed by atoms with E-state index in [4.69, 9.17) is 4.74 Å². The highest BCUT2D eigenvalue weighted by molar-refractivity contribution is 9.11. The first-order valence-corrected chi connectivity index (χ1v) is 17.0. The van der Waals surface area contributed by atoms with Gasteiger partial charge in [0.1, 0.15) is 10.5 Å². The molecular formula is C34H31Br2N5O3S. The smallest absolute Gasteiger partial charge is 0.277 e. The van der Waals surface area contributed by atoms with Gasteiger partial charge in [0, 0.05) is 43.6 Å². The van der Waals surface area contributed by atoms with Crippen molar-refractivity contribution in [2.45, 2.75) is 46.5 Å². The first-order valence-electron chi connectivity index (χ1n) is 14.6. The van der Waals surface area contributed by atoms with Gasteiger partial charge < -0.3 is 14.6 Å². The number of nitrogens with zero attached hydrogens (tertiary/aromatic N) is 3. The van der Waals surface area contributed by atoms with Gasteiger partial charge >= 0.3 is 0 Å². The second-order valence-electron chi connectivity index (χ2n) is 11.0. The van der Waals surface area contributed by atoms with Gasteiger partial charge in [-0.05, 0) is 98.3 Å². The van der Waals surface area contributed by atoms with Gasteiger partial charge in [-0.25, -0.2) is 5.43 Å². The lowest BCUT2D eigenvalue weighted by atomic mass is 9.95. The van der Waals surface area contributed by atoms with E-state index in [0.717, 1.165) is 79.9 Å². The highest BCUT2D eigenvalue weighted by Gasteiger charge is 2.28. The Hall–Kier alpha value is -3.80. The number of pyridine rings is 1. The van der Waals surface area contributed by atoms with Crippen molar-refractivity contribution in [3.63, 3.8) is 0 Å². The first-order chi connectivity index (χ1) is 21.7. The number of fused-ring (bicyclic) bond motifs is 2. The zero-order chi connectivity index (χ0) is 31.7. The molecule has 2 N–H and O–H groups in total. The Morgan fingerprint density at radius 1 is 1.07 bits per heavy atom. The molecule has 0 aliphatic heterocycles. The normalized spacial score (nSPS) is 12.8. The van der Waals surface area contributed by atoms with Crippen LogP contribution in [0.3, 0.4) is 0 Å². The highest BCUT2D eigenvalue weighted by atomic mass is 79.9. The minimum absolute atomic E-state index is 0.0939. The zero-order valence-corrected chi connectivity index (χ0v) is 29.0. The molecule has 0 bridgehead atoms. The molecule has 0 atom stereocenters. The van der Waals surface area contributed by atoms with Crippen molar-refractivity contribution in [3.8, 4) is 10.8 Å². The van der Waals surface area contributed by atoms with Crippen LogP contribution in [0.15, 0.2) is 68.8 Å². The fraction of sp³-hybridized carbons (Fsp3) is 0.235. The van der Waals surface area contributed by atoms with Gasteiger partial charge in [-0.15, -0.1) is 11.3 Å². The quantitative estimate of drug-likeness (QED) is 0.124. The Bertz CT molecular complexity index is 1960. The summed E-state index contributed by atoms with van der Waals surface area (Å²) in [5, 5.41) is 9.14. The van der Waals surface area contributed by atoms with Gasteiger partial charge in [-0.1, -0.05) is 39.7 Å². The van der Waals surface area contributed by atoms with E-state index in [1.54, 1.807) is 23.7 Å². The van der Waals surface area contributed by atoms with Gasteiger partial charge in [-0.3, -0.25) is 14.6 Å². The number of rotatable bonds is 8. The van der Waals surface area contributed by atoms with Crippen LogP contribution in [-0.4, -0.2) is 34.2 Å². The monoisotopic (exact) mass is 747 g/mol. The average molecular weight is 750 g/mol. The van der Waals surface area contributed by atoms with Crippen LogP contribution >= 0.6 is 43.2 Å². The maximum Gasteiger partial charge on any atom is 0.277 e. The van der Waals surface area contributed by atoms with E-state index in [1.165, 1.54) is 4.88 Å². The largest absolute Gasteiger partial charge is 0.480 e. The second-order valence-corrected chi connectivity index (χ2v) is 13.8. The standard InChI is InChI=1S/C34H31Br2N5O3S/c1-19-10-12-23(13-11-19)39-33(43)30-25-7-4-5-9-28(25)45-34(30)41-20(2)15-22(21(41)3)17-38-40-29(42)18-44-32-27(36)16-26(35)24-8-6-14-37-31(24)32/h6,8,10-17H,4-5,7,9,18H2,1-3H3,(H,39,43)(H,40,42)/b38-17+. The van der Waals surface area contributed by atoms with E-state index in [9.17, 15) is 9.59 Å². The predicted molar refractivity (Wildman–Crippen MR) is 187 cm³/mol. The Kier molecular flexibility index (Phi) is 9.21. The first kappa shape index (κ1) is 31.2. The fourth-order valence-corrected chi connectivity index (χ4v) is 8.52. The van der Waals surface area contributed by atoms with Crippen molar-refractivity contribution in [2.24, 2.45) is 5.10 Å². The summed E-state index contributed by atoms with van der Waals surface area (Å²) >= 11 is 8.74. The Morgan fingerprint density at radius 2 is 1.84 bits per heavy atom. The molecule has 2 aromatic carbocycles.